The largest absolute Gasteiger partial charge is 0.304 e. The predicted octanol–water partition coefficient (Wildman–Crippen LogP) is 2.85. The second-order valence-corrected chi connectivity index (χ2v) is 5.80. The molecule has 3 heterocycles. The quantitative estimate of drug-likeness (QED) is 0.792. The standard InChI is InChI=1S/C16H12N4OS/c21-13-10-22-16(18-13)19-15-14(11-6-2-1-3-7-11)17-12-8-4-5-9-20(12)15/h1-9H,10H2,(H,18,19,21). The van der Waals surface area contributed by atoms with Crippen LogP contribution in [-0.2, 0) is 4.79 Å². The first-order valence-electron chi connectivity index (χ1n) is 6.85. The lowest BCUT2D eigenvalue weighted by atomic mass is 10.1. The molecule has 1 N–H and O–H groups in total. The third kappa shape index (κ3) is 2.27. The van der Waals surface area contributed by atoms with Crippen molar-refractivity contribution in [3.63, 3.8) is 0 Å². The number of pyridine rings is 1. The highest BCUT2D eigenvalue weighted by Crippen LogP contribution is 2.31. The molecule has 1 aliphatic rings. The minimum Gasteiger partial charge on any atom is -0.304 e. The maximum absolute atomic E-state index is 11.4. The number of hydrogen-bond donors (Lipinski definition) is 1. The van der Waals surface area contributed by atoms with Crippen molar-refractivity contribution in [1.82, 2.24) is 14.7 Å². The zero-order chi connectivity index (χ0) is 14.9. The molecule has 1 amide bonds. The van der Waals surface area contributed by atoms with Crippen LogP contribution in [0.5, 0.6) is 0 Å². The maximum Gasteiger partial charge on any atom is 0.236 e. The number of imidazole rings is 1. The minimum atomic E-state index is -0.0150. The Balaban J connectivity index is 1.93. The number of nitrogens with one attached hydrogen (secondary N) is 1. The third-order valence-corrected chi connectivity index (χ3v) is 4.22. The van der Waals surface area contributed by atoms with Crippen molar-refractivity contribution in [1.29, 1.82) is 0 Å². The molecule has 0 aliphatic carbocycles. The van der Waals surface area contributed by atoms with Crippen LogP contribution in [0, 0.1) is 0 Å². The summed E-state index contributed by atoms with van der Waals surface area (Å²) in [5.74, 6) is 1.13. The van der Waals surface area contributed by atoms with E-state index < -0.39 is 0 Å². The van der Waals surface area contributed by atoms with E-state index in [-0.39, 0.29) is 5.91 Å². The molecule has 3 aromatic rings. The first-order chi connectivity index (χ1) is 10.8. The smallest absolute Gasteiger partial charge is 0.236 e. The lowest BCUT2D eigenvalue weighted by molar-refractivity contribution is -0.116. The van der Waals surface area contributed by atoms with Gasteiger partial charge in [0.2, 0.25) is 5.91 Å². The van der Waals surface area contributed by atoms with Crippen molar-refractivity contribution in [2.24, 2.45) is 4.99 Å². The lowest BCUT2D eigenvalue weighted by Crippen LogP contribution is -2.19. The van der Waals surface area contributed by atoms with Gasteiger partial charge in [-0.1, -0.05) is 48.2 Å². The van der Waals surface area contributed by atoms with Crippen LogP contribution in [0.1, 0.15) is 0 Å². The molecule has 22 heavy (non-hydrogen) atoms. The SMILES string of the molecule is O=C1CS/C(=N/c2c(-c3ccccc3)nc3ccccn23)N1. The van der Waals surface area contributed by atoms with Gasteiger partial charge < -0.3 is 5.32 Å². The van der Waals surface area contributed by atoms with Crippen molar-refractivity contribution in [3.05, 3.63) is 54.7 Å². The van der Waals surface area contributed by atoms with Crippen molar-refractivity contribution in [2.45, 2.75) is 0 Å². The molecule has 5 nitrogen and oxygen atoms in total. The van der Waals surface area contributed by atoms with Crippen molar-refractivity contribution < 1.29 is 4.79 Å². The molecule has 0 spiro atoms. The maximum atomic E-state index is 11.4. The van der Waals surface area contributed by atoms with Crippen LogP contribution in [-0.4, -0.2) is 26.2 Å². The molecule has 2 aromatic heterocycles. The molecule has 4 rings (SSSR count). The number of amidine groups is 1. The summed E-state index contributed by atoms with van der Waals surface area (Å²) in [6.07, 6.45) is 1.93. The van der Waals surface area contributed by atoms with Crippen molar-refractivity contribution in [2.75, 3.05) is 5.75 Å². The fraction of sp³-hybridized carbons (Fsp3) is 0.0625. The average Bonchev–Trinajstić information content (AvgIpc) is 3.13. The summed E-state index contributed by atoms with van der Waals surface area (Å²) in [4.78, 5) is 20.7. The monoisotopic (exact) mass is 308 g/mol. The van der Waals surface area contributed by atoms with Gasteiger partial charge in [-0.25, -0.2) is 9.98 Å². The number of carbonyl (C=O) groups excluding carboxylic acids is 1. The van der Waals surface area contributed by atoms with E-state index in [2.05, 4.69) is 15.3 Å². The van der Waals surface area contributed by atoms with Gasteiger partial charge in [-0.05, 0) is 12.1 Å². The van der Waals surface area contributed by atoms with Gasteiger partial charge in [0.25, 0.3) is 0 Å². The Morgan fingerprint density at radius 3 is 2.73 bits per heavy atom. The summed E-state index contributed by atoms with van der Waals surface area (Å²) < 4.78 is 1.93. The number of aliphatic imine (C=N–C) groups is 1. The van der Waals surface area contributed by atoms with Crippen molar-refractivity contribution >= 4 is 34.3 Å². The van der Waals surface area contributed by atoms with E-state index in [0.29, 0.717) is 10.9 Å². The number of hydrogen-bond acceptors (Lipinski definition) is 4. The summed E-state index contributed by atoms with van der Waals surface area (Å²) in [6.45, 7) is 0. The van der Waals surface area contributed by atoms with E-state index >= 15 is 0 Å². The molecule has 0 radical (unpaired) electrons. The van der Waals surface area contributed by atoms with Gasteiger partial charge in [-0.2, -0.15) is 0 Å². The normalized spacial score (nSPS) is 16.4. The van der Waals surface area contributed by atoms with Gasteiger partial charge in [0.05, 0.1) is 5.75 Å². The highest BCUT2D eigenvalue weighted by molar-refractivity contribution is 8.15. The number of rotatable bonds is 2. The molecule has 6 heteroatoms. The van der Waals surface area contributed by atoms with Crippen LogP contribution < -0.4 is 5.32 Å². The minimum absolute atomic E-state index is 0.0150. The number of aromatic nitrogens is 2. The fourth-order valence-corrected chi connectivity index (χ4v) is 3.04. The van der Waals surface area contributed by atoms with Crippen LogP contribution in [0.2, 0.25) is 0 Å². The number of amides is 1. The van der Waals surface area contributed by atoms with Gasteiger partial charge in [0, 0.05) is 11.8 Å². The number of carbonyl (C=O) groups is 1. The Morgan fingerprint density at radius 2 is 1.95 bits per heavy atom. The highest BCUT2D eigenvalue weighted by atomic mass is 32.2. The van der Waals surface area contributed by atoms with Gasteiger partial charge in [-0.3, -0.25) is 9.20 Å². The molecule has 1 fully saturated rings. The zero-order valence-corrected chi connectivity index (χ0v) is 12.4. The average molecular weight is 308 g/mol. The molecule has 0 bridgehead atoms. The predicted molar refractivity (Wildman–Crippen MR) is 88.3 cm³/mol. The Bertz CT molecular complexity index is 886. The summed E-state index contributed by atoms with van der Waals surface area (Å²) in [6, 6.07) is 15.8. The topological polar surface area (TPSA) is 58.8 Å². The molecule has 0 unspecified atom stereocenters. The van der Waals surface area contributed by atoms with E-state index in [1.54, 1.807) is 0 Å². The van der Waals surface area contributed by atoms with E-state index in [1.807, 2.05) is 59.1 Å². The Labute approximate surface area is 131 Å². The second kappa shape index (κ2) is 5.31. The molecule has 1 saturated heterocycles. The molecule has 1 aromatic carbocycles. The number of thioether (sulfide) groups is 1. The van der Waals surface area contributed by atoms with Crippen molar-refractivity contribution in [3.8, 4) is 11.3 Å². The third-order valence-electron chi connectivity index (χ3n) is 3.35. The molecule has 0 saturated carbocycles. The fourth-order valence-electron chi connectivity index (χ4n) is 2.36. The first-order valence-corrected chi connectivity index (χ1v) is 7.84. The summed E-state index contributed by atoms with van der Waals surface area (Å²) >= 11 is 1.41. The Kier molecular flexibility index (Phi) is 3.16. The second-order valence-electron chi connectivity index (χ2n) is 4.83. The van der Waals surface area contributed by atoms with Gasteiger partial charge in [0.1, 0.15) is 11.3 Å². The molecule has 0 atom stereocenters. The first kappa shape index (κ1) is 13.1. The number of nitrogens with zero attached hydrogens (tertiary/aromatic N) is 3. The molecule has 1 aliphatic heterocycles. The Morgan fingerprint density at radius 1 is 1.14 bits per heavy atom. The molecular formula is C16H12N4OS. The van der Waals surface area contributed by atoms with Gasteiger partial charge in [0.15, 0.2) is 11.0 Å². The van der Waals surface area contributed by atoms with Gasteiger partial charge in [-0.15, -0.1) is 0 Å². The van der Waals surface area contributed by atoms with Crippen LogP contribution in [0.4, 0.5) is 5.82 Å². The highest BCUT2D eigenvalue weighted by Gasteiger charge is 2.19. The number of fused-ring (bicyclic) bond motifs is 1. The van der Waals surface area contributed by atoms with Crippen LogP contribution in [0.25, 0.3) is 16.9 Å². The van der Waals surface area contributed by atoms with Gasteiger partial charge >= 0.3 is 0 Å². The number of benzene rings is 1. The summed E-state index contributed by atoms with van der Waals surface area (Å²) in [7, 11) is 0. The van der Waals surface area contributed by atoms with Crippen LogP contribution in [0.3, 0.4) is 0 Å². The van der Waals surface area contributed by atoms with E-state index in [1.165, 1.54) is 11.8 Å². The molecular weight excluding hydrogens is 296 g/mol. The summed E-state index contributed by atoms with van der Waals surface area (Å²) in [5, 5.41) is 3.39. The Hall–Kier alpha value is -2.60. The molecule has 108 valence electrons. The lowest BCUT2D eigenvalue weighted by Gasteiger charge is -2.01. The summed E-state index contributed by atoms with van der Waals surface area (Å²) in [5.41, 5.74) is 2.64. The van der Waals surface area contributed by atoms with Crippen LogP contribution >= 0.6 is 11.8 Å². The van der Waals surface area contributed by atoms with E-state index in [0.717, 1.165) is 22.7 Å². The zero-order valence-electron chi connectivity index (χ0n) is 11.6. The van der Waals surface area contributed by atoms with Crippen LogP contribution in [0.15, 0.2) is 59.7 Å². The van der Waals surface area contributed by atoms with E-state index in [4.69, 9.17) is 0 Å². The van der Waals surface area contributed by atoms with E-state index in [9.17, 15) is 4.79 Å².